The first-order valence-electron chi connectivity index (χ1n) is 7.44. The van der Waals surface area contributed by atoms with Crippen LogP contribution in [0, 0.1) is 34.6 Å². The van der Waals surface area contributed by atoms with Crippen molar-refractivity contribution < 1.29 is 17.2 Å². The number of imidazole rings is 1. The summed E-state index contributed by atoms with van der Waals surface area (Å²) in [5.41, 5.74) is 4.21. The Bertz CT molecular complexity index is 845. The van der Waals surface area contributed by atoms with Crippen molar-refractivity contribution in [3.05, 3.63) is 46.0 Å². The van der Waals surface area contributed by atoms with E-state index in [0.29, 0.717) is 15.7 Å². The lowest BCUT2D eigenvalue weighted by atomic mass is 9.95. The molecule has 1 aromatic carbocycles. The standard InChI is InChI=1S/C16H21F2N3O2S/c1-9-10(2)12(4)15(13(5)11(9)3)24(22,23)20-8-14-19-6-7-21(14)16(17)18/h6-7,16,20H,8H2,1-5H3. The summed E-state index contributed by atoms with van der Waals surface area (Å²) >= 11 is 0. The van der Waals surface area contributed by atoms with Gasteiger partial charge in [0.25, 0.3) is 0 Å². The van der Waals surface area contributed by atoms with Gasteiger partial charge in [-0.1, -0.05) is 0 Å². The number of nitrogens with zero attached hydrogens (tertiary/aromatic N) is 2. The molecule has 5 nitrogen and oxygen atoms in total. The second-order valence-electron chi connectivity index (χ2n) is 5.81. The molecule has 1 aromatic heterocycles. The van der Waals surface area contributed by atoms with Crippen molar-refractivity contribution in [2.24, 2.45) is 0 Å². The largest absolute Gasteiger partial charge is 0.319 e. The highest BCUT2D eigenvalue weighted by atomic mass is 32.2. The van der Waals surface area contributed by atoms with Crippen LogP contribution >= 0.6 is 0 Å². The minimum atomic E-state index is -3.85. The number of halogens is 2. The van der Waals surface area contributed by atoms with Gasteiger partial charge in [-0.3, -0.25) is 4.57 Å². The van der Waals surface area contributed by atoms with Crippen molar-refractivity contribution in [3.63, 3.8) is 0 Å². The normalized spacial score (nSPS) is 12.2. The predicted octanol–water partition coefficient (Wildman–Crippen LogP) is 3.30. The van der Waals surface area contributed by atoms with E-state index < -0.39 is 16.6 Å². The molecule has 0 radical (unpaired) electrons. The average molecular weight is 357 g/mol. The summed E-state index contributed by atoms with van der Waals surface area (Å²) in [6.45, 7) is 6.14. The van der Waals surface area contributed by atoms with E-state index in [1.807, 2.05) is 20.8 Å². The minimum absolute atomic E-state index is 0.0376. The van der Waals surface area contributed by atoms with Crippen molar-refractivity contribution in [1.29, 1.82) is 0 Å². The molecule has 132 valence electrons. The first-order chi connectivity index (χ1) is 11.1. The second kappa shape index (κ2) is 6.60. The first-order valence-corrected chi connectivity index (χ1v) is 8.92. The fourth-order valence-electron chi connectivity index (χ4n) is 2.76. The molecular weight excluding hydrogens is 336 g/mol. The van der Waals surface area contributed by atoms with Crippen LogP contribution in [0.5, 0.6) is 0 Å². The second-order valence-corrected chi connectivity index (χ2v) is 7.51. The smallest absolute Gasteiger partial charge is 0.277 e. The van der Waals surface area contributed by atoms with Gasteiger partial charge in [0.1, 0.15) is 5.82 Å². The van der Waals surface area contributed by atoms with Crippen molar-refractivity contribution >= 4 is 10.0 Å². The molecule has 0 amide bonds. The summed E-state index contributed by atoms with van der Waals surface area (Å²) in [6.07, 6.45) is 2.33. The van der Waals surface area contributed by atoms with Gasteiger partial charge in [-0.25, -0.2) is 18.1 Å². The van der Waals surface area contributed by atoms with Crippen LogP contribution in [-0.2, 0) is 16.6 Å². The van der Waals surface area contributed by atoms with E-state index >= 15 is 0 Å². The molecule has 2 rings (SSSR count). The Morgan fingerprint density at radius 3 is 2.04 bits per heavy atom. The van der Waals surface area contributed by atoms with Crippen LogP contribution in [0.1, 0.15) is 40.2 Å². The fourth-order valence-corrected chi connectivity index (χ4v) is 4.33. The summed E-state index contributed by atoms with van der Waals surface area (Å²) in [6, 6.07) is 0. The summed E-state index contributed by atoms with van der Waals surface area (Å²) < 4.78 is 54.1. The van der Waals surface area contributed by atoms with Crippen molar-refractivity contribution in [3.8, 4) is 0 Å². The Morgan fingerprint density at radius 2 is 1.54 bits per heavy atom. The monoisotopic (exact) mass is 357 g/mol. The summed E-state index contributed by atoms with van der Waals surface area (Å²) in [4.78, 5) is 3.99. The zero-order valence-corrected chi connectivity index (χ0v) is 15.1. The Morgan fingerprint density at radius 1 is 1.04 bits per heavy atom. The van der Waals surface area contributed by atoms with Crippen molar-refractivity contribution in [2.45, 2.75) is 52.6 Å². The van der Waals surface area contributed by atoms with Gasteiger partial charge in [-0.2, -0.15) is 8.78 Å². The molecule has 0 fully saturated rings. The lowest BCUT2D eigenvalue weighted by Gasteiger charge is -2.19. The Hall–Kier alpha value is -1.80. The van der Waals surface area contributed by atoms with Crippen molar-refractivity contribution in [2.75, 3.05) is 0 Å². The number of hydrogen-bond acceptors (Lipinski definition) is 3. The third-order valence-electron chi connectivity index (χ3n) is 4.58. The number of aromatic nitrogens is 2. The lowest BCUT2D eigenvalue weighted by molar-refractivity contribution is 0.0669. The van der Waals surface area contributed by atoms with Gasteiger partial charge < -0.3 is 0 Å². The van der Waals surface area contributed by atoms with Gasteiger partial charge >= 0.3 is 6.55 Å². The number of alkyl halides is 2. The Labute approximate surface area is 140 Å². The molecule has 0 saturated heterocycles. The molecule has 0 bridgehead atoms. The molecule has 2 aromatic rings. The van der Waals surface area contributed by atoms with Crippen LogP contribution in [0.4, 0.5) is 8.78 Å². The van der Waals surface area contributed by atoms with Crippen LogP contribution in [0.25, 0.3) is 0 Å². The van der Waals surface area contributed by atoms with Crippen LogP contribution < -0.4 is 4.72 Å². The molecule has 8 heteroatoms. The number of hydrogen-bond donors (Lipinski definition) is 1. The van der Waals surface area contributed by atoms with Gasteiger partial charge in [0.05, 0.1) is 11.4 Å². The maximum atomic E-state index is 12.8. The van der Waals surface area contributed by atoms with Gasteiger partial charge in [-0.15, -0.1) is 0 Å². The lowest BCUT2D eigenvalue weighted by Crippen LogP contribution is -2.27. The van der Waals surface area contributed by atoms with Gasteiger partial charge in [0.2, 0.25) is 10.0 Å². The van der Waals surface area contributed by atoms with E-state index in [0.717, 1.165) is 22.9 Å². The third-order valence-corrected chi connectivity index (χ3v) is 6.25. The fraction of sp³-hybridized carbons (Fsp3) is 0.438. The van der Waals surface area contributed by atoms with Crippen LogP contribution in [-0.4, -0.2) is 18.0 Å². The van der Waals surface area contributed by atoms with Crippen molar-refractivity contribution in [1.82, 2.24) is 14.3 Å². The average Bonchev–Trinajstić information content (AvgIpc) is 2.98. The van der Waals surface area contributed by atoms with E-state index in [1.54, 1.807) is 13.8 Å². The topological polar surface area (TPSA) is 64.0 Å². The summed E-state index contributed by atoms with van der Waals surface area (Å²) in [5.74, 6) is -0.0376. The zero-order chi connectivity index (χ0) is 18.2. The number of nitrogens with one attached hydrogen (secondary N) is 1. The predicted molar refractivity (Wildman–Crippen MR) is 87.6 cm³/mol. The minimum Gasteiger partial charge on any atom is -0.277 e. The van der Waals surface area contributed by atoms with E-state index in [2.05, 4.69) is 9.71 Å². The third kappa shape index (κ3) is 3.21. The molecule has 0 aliphatic heterocycles. The van der Waals surface area contributed by atoms with Gasteiger partial charge in [0, 0.05) is 12.4 Å². The van der Waals surface area contributed by atoms with Crippen LogP contribution in [0.15, 0.2) is 17.3 Å². The van der Waals surface area contributed by atoms with Crippen LogP contribution in [0.3, 0.4) is 0 Å². The van der Waals surface area contributed by atoms with E-state index in [1.165, 1.54) is 6.20 Å². The molecule has 1 N–H and O–H groups in total. The molecule has 0 aliphatic rings. The molecule has 0 unspecified atom stereocenters. The first kappa shape index (κ1) is 18.5. The van der Waals surface area contributed by atoms with E-state index in [-0.39, 0.29) is 17.3 Å². The van der Waals surface area contributed by atoms with E-state index in [9.17, 15) is 17.2 Å². The SMILES string of the molecule is Cc1c(C)c(C)c(S(=O)(=O)NCc2nccn2C(F)F)c(C)c1C. The maximum absolute atomic E-state index is 12.8. The van der Waals surface area contributed by atoms with Gasteiger partial charge in [0.15, 0.2) is 0 Å². The highest BCUT2D eigenvalue weighted by Crippen LogP contribution is 2.29. The highest BCUT2D eigenvalue weighted by Gasteiger charge is 2.24. The number of benzene rings is 1. The highest BCUT2D eigenvalue weighted by molar-refractivity contribution is 7.89. The van der Waals surface area contributed by atoms with Crippen LogP contribution in [0.2, 0.25) is 0 Å². The Kier molecular flexibility index (Phi) is 5.10. The van der Waals surface area contributed by atoms with E-state index in [4.69, 9.17) is 0 Å². The summed E-state index contributed by atoms with van der Waals surface area (Å²) in [5, 5.41) is 0. The molecule has 0 spiro atoms. The molecule has 24 heavy (non-hydrogen) atoms. The Balaban J connectivity index is 2.40. The zero-order valence-electron chi connectivity index (χ0n) is 14.3. The molecule has 0 atom stereocenters. The summed E-state index contributed by atoms with van der Waals surface area (Å²) in [7, 11) is -3.85. The number of sulfonamides is 1. The molecule has 0 saturated carbocycles. The maximum Gasteiger partial charge on any atom is 0.319 e. The van der Waals surface area contributed by atoms with Gasteiger partial charge in [-0.05, 0) is 62.4 Å². The number of rotatable bonds is 5. The molecule has 0 aliphatic carbocycles. The molecule has 1 heterocycles. The molecular formula is C16H21F2N3O2S. The quantitative estimate of drug-likeness (QED) is 0.893.